The molecule has 10 heteroatoms. The van der Waals surface area contributed by atoms with Crippen LogP contribution in [0.4, 0.5) is 13.2 Å². The van der Waals surface area contributed by atoms with Gasteiger partial charge in [-0.3, -0.25) is 4.79 Å². The minimum atomic E-state index is -5.07. The highest BCUT2D eigenvalue weighted by atomic mass is 35.5. The average molecular weight is 443 g/mol. The van der Waals surface area contributed by atoms with Crippen LogP contribution in [-0.4, -0.2) is 40.7 Å². The molecule has 3 rings (SSSR count). The lowest BCUT2D eigenvalue weighted by atomic mass is 10.0. The van der Waals surface area contributed by atoms with Gasteiger partial charge in [0, 0.05) is 28.3 Å². The van der Waals surface area contributed by atoms with E-state index in [1.54, 1.807) is 24.3 Å². The average Bonchev–Trinajstić information content (AvgIpc) is 3.02. The number of halogens is 4. The van der Waals surface area contributed by atoms with Crippen molar-refractivity contribution in [3.63, 3.8) is 0 Å². The molecule has 1 heterocycles. The van der Waals surface area contributed by atoms with Gasteiger partial charge in [-0.15, -0.1) is 0 Å². The van der Waals surface area contributed by atoms with Crippen LogP contribution in [-0.2, 0) is 6.61 Å². The quantitative estimate of drug-likeness (QED) is 0.745. The highest BCUT2D eigenvalue weighted by molar-refractivity contribution is 6.30. The van der Waals surface area contributed by atoms with E-state index in [2.05, 4.69) is 5.10 Å². The summed E-state index contributed by atoms with van der Waals surface area (Å²) in [6, 6.07) is 10.7. The number of methoxy groups -OCH3 is 1. The van der Waals surface area contributed by atoms with Gasteiger partial charge in [0.2, 0.25) is 0 Å². The summed E-state index contributed by atoms with van der Waals surface area (Å²) in [5.74, 6) is -0.209. The normalized spacial score (nSPS) is 18.9. The Balaban J connectivity index is 1.88. The Hall–Kier alpha value is -2.78. The monoisotopic (exact) mass is 442 g/mol. The van der Waals surface area contributed by atoms with Gasteiger partial charge in [0.15, 0.2) is 0 Å². The fourth-order valence-electron chi connectivity index (χ4n) is 2.99. The number of carbonyl (C=O) groups excluding carboxylic acids is 1. The van der Waals surface area contributed by atoms with Crippen molar-refractivity contribution >= 4 is 23.2 Å². The number of nitrogens with zero attached hydrogens (tertiary/aromatic N) is 2. The van der Waals surface area contributed by atoms with Crippen LogP contribution in [0.15, 0.2) is 47.6 Å². The Kier molecular flexibility index (Phi) is 5.96. The maximum atomic E-state index is 13.4. The van der Waals surface area contributed by atoms with Crippen LogP contribution in [0.2, 0.25) is 5.02 Å². The molecule has 0 bridgehead atoms. The van der Waals surface area contributed by atoms with E-state index in [1.807, 2.05) is 0 Å². The van der Waals surface area contributed by atoms with Crippen molar-refractivity contribution in [1.82, 2.24) is 5.01 Å². The highest BCUT2D eigenvalue weighted by Gasteiger charge is 2.62. The summed E-state index contributed by atoms with van der Waals surface area (Å²) in [5.41, 5.74) is -3.09. The molecule has 1 amide bonds. The smallest absolute Gasteiger partial charge is 0.438 e. The Morgan fingerprint density at radius 2 is 1.93 bits per heavy atom. The van der Waals surface area contributed by atoms with Crippen molar-refractivity contribution < 1.29 is 32.5 Å². The molecule has 0 aromatic heterocycles. The van der Waals surface area contributed by atoms with Crippen molar-refractivity contribution in [2.24, 2.45) is 5.10 Å². The van der Waals surface area contributed by atoms with Gasteiger partial charge in [0.05, 0.1) is 7.11 Å². The van der Waals surface area contributed by atoms with Crippen LogP contribution in [0.3, 0.4) is 0 Å². The molecule has 0 radical (unpaired) electrons. The zero-order valence-electron chi connectivity index (χ0n) is 16.0. The molecule has 2 aromatic carbocycles. The second kappa shape index (κ2) is 8.16. The summed E-state index contributed by atoms with van der Waals surface area (Å²) in [6.07, 6.45) is -5.89. The van der Waals surface area contributed by atoms with Crippen LogP contribution in [0, 0.1) is 0 Å². The third kappa shape index (κ3) is 4.22. The first-order chi connectivity index (χ1) is 14.0. The number of ether oxygens (including phenoxy) is 2. The number of alkyl halides is 3. The van der Waals surface area contributed by atoms with Gasteiger partial charge in [0.1, 0.15) is 18.1 Å². The molecule has 6 nitrogen and oxygen atoms in total. The molecule has 0 aliphatic carbocycles. The molecule has 1 N–H and O–H groups in total. The standard InChI is InChI=1S/C20H18ClF3N2O4/c1-12-10-19(28,20(22,23)24)26(25-12)18(27)13-3-8-17(29-2)14(9-13)11-30-16-6-4-15(21)5-7-16/h3-9,28H,10-11H2,1-2H3/t19-/m1/s1. The number of aliphatic hydroxyl groups is 1. The van der Waals surface area contributed by atoms with Gasteiger partial charge in [-0.25, -0.2) is 0 Å². The van der Waals surface area contributed by atoms with Crippen LogP contribution in [0.25, 0.3) is 0 Å². The number of amides is 1. The number of hydrazone groups is 1. The molecule has 0 saturated heterocycles. The molecular weight excluding hydrogens is 425 g/mol. The number of carbonyl (C=O) groups is 1. The third-order valence-electron chi connectivity index (χ3n) is 4.51. The summed E-state index contributed by atoms with van der Waals surface area (Å²) in [5, 5.41) is 14.4. The Labute approximate surface area is 175 Å². The minimum absolute atomic E-state index is 0.0111. The van der Waals surface area contributed by atoms with Crippen molar-refractivity contribution in [2.75, 3.05) is 7.11 Å². The highest BCUT2D eigenvalue weighted by Crippen LogP contribution is 2.41. The lowest BCUT2D eigenvalue weighted by Gasteiger charge is -2.32. The molecule has 1 aliphatic heterocycles. The van der Waals surface area contributed by atoms with Gasteiger partial charge < -0.3 is 14.6 Å². The van der Waals surface area contributed by atoms with E-state index in [4.69, 9.17) is 21.1 Å². The van der Waals surface area contributed by atoms with Crippen LogP contribution < -0.4 is 9.47 Å². The maximum Gasteiger partial charge on any atom is 0.438 e. The van der Waals surface area contributed by atoms with Crippen LogP contribution in [0.5, 0.6) is 11.5 Å². The first kappa shape index (κ1) is 21.9. The Bertz CT molecular complexity index is 979. The zero-order valence-corrected chi connectivity index (χ0v) is 16.8. The van der Waals surface area contributed by atoms with Gasteiger partial charge in [-0.05, 0) is 49.4 Å². The molecular formula is C20H18ClF3N2O4. The third-order valence-corrected chi connectivity index (χ3v) is 4.76. The molecule has 0 fully saturated rings. The number of benzene rings is 2. The van der Waals surface area contributed by atoms with Crippen molar-refractivity contribution in [3.8, 4) is 11.5 Å². The molecule has 0 saturated carbocycles. The second-order valence-electron chi connectivity index (χ2n) is 6.71. The van der Waals surface area contributed by atoms with E-state index in [0.29, 0.717) is 22.1 Å². The predicted molar refractivity (Wildman–Crippen MR) is 104 cm³/mol. The summed E-state index contributed by atoms with van der Waals surface area (Å²) < 4.78 is 51.1. The molecule has 160 valence electrons. The van der Waals surface area contributed by atoms with Crippen molar-refractivity contribution in [1.29, 1.82) is 0 Å². The first-order valence-electron chi connectivity index (χ1n) is 8.78. The summed E-state index contributed by atoms with van der Waals surface area (Å²) in [4.78, 5) is 12.8. The number of hydrogen-bond donors (Lipinski definition) is 1. The first-order valence-corrected chi connectivity index (χ1v) is 9.16. The molecule has 1 aliphatic rings. The lowest BCUT2D eigenvalue weighted by Crippen LogP contribution is -2.56. The van der Waals surface area contributed by atoms with Crippen LogP contribution >= 0.6 is 11.6 Å². The van der Waals surface area contributed by atoms with E-state index < -0.39 is 24.2 Å². The van der Waals surface area contributed by atoms with Crippen LogP contribution in [0.1, 0.15) is 29.3 Å². The van der Waals surface area contributed by atoms with Gasteiger partial charge in [-0.2, -0.15) is 23.3 Å². The van der Waals surface area contributed by atoms with Gasteiger partial charge in [-0.1, -0.05) is 11.6 Å². The largest absolute Gasteiger partial charge is 0.496 e. The number of hydrogen-bond acceptors (Lipinski definition) is 5. The molecule has 2 aromatic rings. The van der Waals surface area contributed by atoms with E-state index in [0.717, 1.165) is 0 Å². The van der Waals surface area contributed by atoms with E-state index >= 15 is 0 Å². The zero-order chi connectivity index (χ0) is 22.1. The summed E-state index contributed by atoms with van der Waals surface area (Å²) in [7, 11) is 1.42. The Morgan fingerprint density at radius 1 is 1.27 bits per heavy atom. The molecule has 0 unspecified atom stereocenters. The van der Waals surface area contributed by atoms with Gasteiger partial charge in [0.25, 0.3) is 11.6 Å². The Morgan fingerprint density at radius 3 is 2.53 bits per heavy atom. The summed E-state index contributed by atoms with van der Waals surface area (Å²) in [6.45, 7) is 1.29. The second-order valence-corrected chi connectivity index (χ2v) is 7.15. The minimum Gasteiger partial charge on any atom is -0.496 e. The SMILES string of the molecule is COc1ccc(C(=O)N2N=C(C)C[C@@]2(O)C(F)(F)F)cc1COc1ccc(Cl)cc1. The lowest BCUT2D eigenvalue weighted by molar-refractivity contribution is -0.297. The topological polar surface area (TPSA) is 71.4 Å². The predicted octanol–water partition coefficient (Wildman–Crippen LogP) is 4.40. The maximum absolute atomic E-state index is 13.4. The van der Waals surface area contributed by atoms with E-state index in [-0.39, 0.29) is 22.9 Å². The van der Waals surface area contributed by atoms with E-state index in [1.165, 1.54) is 32.2 Å². The summed E-state index contributed by atoms with van der Waals surface area (Å²) >= 11 is 5.83. The van der Waals surface area contributed by atoms with E-state index in [9.17, 15) is 23.1 Å². The molecule has 1 atom stereocenters. The number of rotatable bonds is 5. The van der Waals surface area contributed by atoms with Gasteiger partial charge >= 0.3 is 6.18 Å². The van der Waals surface area contributed by atoms with Crippen molar-refractivity contribution in [3.05, 3.63) is 58.6 Å². The fraction of sp³-hybridized carbons (Fsp3) is 0.300. The fourth-order valence-corrected chi connectivity index (χ4v) is 3.12. The molecule has 30 heavy (non-hydrogen) atoms. The molecule has 0 spiro atoms. The van der Waals surface area contributed by atoms with Crippen molar-refractivity contribution in [2.45, 2.75) is 31.9 Å².